The maximum absolute atomic E-state index is 12.7. The summed E-state index contributed by atoms with van der Waals surface area (Å²) in [5, 5.41) is 31.2. The van der Waals surface area contributed by atoms with E-state index in [1.54, 1.807) is 6.20 Å². The SMILES string of the molecule is C[C@]12C[C@H]3CN(C(=O)Cn4cc(CO)nn4)C[C@H](CC[C@@H]1N3)[C@H]2O. The second kappa shape index (κ2) is 5.79. The average molecular weight is 335 g/mol. The first-order chi connectivity index (χ1) is 11.5. The molecule has 2 saturated heterocycles. The third-order valence-corrected chi connectivity index (χ3v) is 6.16. The van der Waals surface area contributed by atoms with E-state index in [1.807, 2.05) is 4.90 Å². The molecule has 0 spiro atoms. The van der Waals surface area contributed by atoms with E-state index in [0.29, 0.717) is 24.8 Å². The molecular formula is C16H25N5O3. The average Bonchev–Trinajstić information content (AvgIpc) is 3.15. The highest BCUT2D eigenvalue weighted by Crippen LogP contribution is 2.48. The van der Waals surface area contributed by atoms with Gasteiger partial charge >= 0.3 is 0 Å². The zero-order chi connectivity index (χ0) is 16.9. The van der Waals surface area contributed by atoms with Crippen LogP contribution < -0.4 is 5.32 Å². The lowest BCUT2D eigenvalue weighted by molar-refractivity contribution is -0.136. The van der Waals surface area contributed by atoms with Crippen LogP contribution in [-0.4, -0.2) is 67.3 Å². The number of amides is 1. The normalized spacial score (nSPS) is 38.2. The summed E-state index contributed by atoms with van der Waals surface area (Å²) in [6.07, 6.45) is 4.16. The smallest absolute Gasteiger partial charge is 0.244 e. The third-order valence-electron chi connectivity index (χ3n) is 6.16. The lowest BCUT2D eigenvalue weighted by Gasteiger charge is -2.46. The summed E-state index contributed by atoms with van der Waals surface area (Å²) in [5.74, 6) is 0.122. The fraction of sp³-hybridized carbons (Fsp3) is 0.812. The number of nitrogens with zero attached hydrogens (tertiary/aromatic N) is 4. The fourth-order valence-corrected chi connectivity index (χ4v) is 4.89. The number of nitrogens with one attached hydrogen (secondary N) is 1. The van der Waals surface area contributed by atoms with Crippen LogP contribution in [0.3, 0.4) is 0 Å². The molecular weight excluding hydrogens is 310 g/mol. The Bertz CT molecular complexity index is 635. The summed E-state index contributed by atoms with van der Waals surface area (Å²) in [6, 6.07) is 0.590. The van der Waals surface area contributed by atoms with E-state index in [4.69, 9.17) is 5.11 Å². The maximum Gasteiger partial charge on any atom is 0.244 e. The zero-order valence-corrected chi connectivity index (χ0v) is 13.9. The van der Waals surface area contributed by atoms with Crippen molar-refractivity contribution in [3.05, 3.63) is 11.9 Å². The fourth-order valence-electron chi connectivity index (χ4n) is 4.89. The molecule has 2 aliphatic heterocycles. The highest BCUT2D eigenvalue weighted by Gasteiger charge is 2.55. The van der Waals surface area contributed by atoms with Gasteiger partial charge in [-0.15, -0.1) is 5.10 Å². The molecule has 3 heterocycles. The molecule has 0 aromatic carbocycles. The monoisotopic (exact) mass is 335 g/mol. The van der Waals surface area contributed by atoms with Gasteiger partial charge in [0.25, 0.3) is 0 Å². The lowest BCUT2D eigenvalue weighted by atomic mass is 9.64. The van der Waals surface area contributed by atoms with Crippen molar-refractivity contribution in [2.45, 2.75) is 57.5 Å². The van der Waals surface area contributed by atoms with Gasteiger partial charge in [-0.3, -0.25) is 4.79 Å². The second-order valence-corrected chi connectivity index (χ2v) is 7.77. The molecule has 3 fully saturated rings. The van der Waals surface area contributed by atoms with Gasteiger partial charge in [0.2, 0.25) is 5.91 Å². The van der Waals surface area contributed by atoms with E-state index in [9.17, 15) is 9.90 Å². The molecule has 132 valence electrons. The van der Waals surface area contributed by atoms with E-state index in [0.717, 1.165) is 19.3 Å². The number of hydrogen-bond acceptors (Lipinski definition) is 6. The van der Waals surface area contributed by atoms with Gasteiger partial charge in [0, 0.05) is 36.5 Å². The molecule has 24 heavy (non-hydrogen) atoms. The molecule has 1 aromatic heterocycles. The first-order valence-electron chi connectivity index (χ1n) is 8.71. The quantitative estimate of drug-likeness (QED) is 0.663. The Morgan fingerprint density at radius 1 is 1.46 bits per heavy atom. The molecule has 3 aliphatic rings. The van der Waals surface area contributed by atoms with Crippen LogP contribution in [-0.2, 0) is 17.9 Å². The third kappa shape index (κ3) is 2.53. The molecule has 8 nitrogen and oxygen atoms in total. The number of aromatic nitrogens is 3. The second-order valence-electron chi connectivity index (χ2n) is 7.77. The first-order valence-corrected chi connectivity index (χ1v) is 8.71. The van der Waals surface area contributed by atoms with Crippen LogP contribution in [0.5, 0.6) is 0 Å². The Kier molecular flexibility index (Phi) is 3.85. The Morgan fingerprint density at radius 2 is 2.29 bits per heavy atom. The predicted octanol–water partition coefficient (Wildman–Crippen LogP) is -0.880. The highest BCUT2D eigenvalue weighted by molar-refractivity contribution is 5.76. The van der Waals surface area contributed by atoms with Crippen molar-refractivity contribution in [1.29, 1.82) is 0 Å². The van der Waals surface area contributed by atoms with E-state index in [2.05, 4.69) is 22.6 Å². The molecule has 4 rings (SSSR count). The van der Waals surface area contributed by atoms with Crippen molar-refractivity contribution in [3.63, 3.8) is 0 Å². The van der Waals surface area contributed by atoms with Crippen molar-refractivity contribution in [3.8, 4) is 0 Å². The van der Waals surface area contributed by atoms with Gasteiger partial charge in [0.1, 0.15) is 12.2 Å². The van der Waals surface area contributed by atoms with Crippen molar-refractivity contribution < 1.29 is 15.0 Å². The van der Waals surface area contributed by atoms with Gasteiger partial charge in [0.15, 0.2) is 0 Å². The summed E-state index contributed by atoms with van der Waals surface area (Å²) < 4.78 is 1.47. The number of fused-ring (bicyclic) bond motifs is 2. The number of aliphatic hydroxyl groups is 2. The maximum atomic E-state index is 12.7. The number of aliphatic hydroxyl groups excluding tert-OH is 2. The Labute approximate surface area is 140 Å². The molecule has 3 N–H and O–H groups in total. The van der Waals surface area contributed by atoms with Crippen molar-refractivity contribution in [1.82, 2.24) is 25.2 Å². The van der Waals surface area contributed by atoms with Crippen molar-refractivity contribution >= 4 is 5.91 Å². The van der Waals surface area contributed by atoms with Crippen molar-refractivity contribution in [2.75, 3.05) is 13.1 Å². The van der Waals surface area contributed by atoms with Gasteiger partial charge < -0.3 is 20.4 Å². The lowest BCUT2D eigenvalue weighted by Crippen LogP contribution is -2.54. The molecule has 8 heteroatoms. The zero-order valence-electron chi connectivity index (χ0n) is 13.9. The molecule has 1 aliphatic carbocycles. The predicted molar refractivity (Wildman–Crippen MR) is 84.7 cm³/mol. The number of likely N-dealkylation sites (tertiary alicyclic amines) is 1. The highest BCUT2D eigenvalue weighted by atomic mass is 16.3. The largest absolute Gasteiger partial charge is 0.392 e. The van der Waals surface area contributed by atoms with Gasteiger partial charge in [-0.25, -0.2) is 4.68 Å². The van der Waals surface area contributed by atoms with Crippen LogP contribution in [0.1, 0.15) is 31.9 Å². The first kappa shape index (κ1) is 16.0. The van der Waals surface area contributed by atoms with E-state index in [1.165, 1.54) is 4.68 Å². The van der Waals surface area contributed by atoms with E-state index < -0.39 is 0 Å². The topological polar surface area (TPSA) is 104 Å². The molecule has 1 amide bonds. The van der Waals surface area contributed by atoms with Crippen LogP contribution >= 0.6 is 0 Å². The number of carbonyl (C=O) groups is 1. The van der Waals surface area contributed by atoms with Gasteiger partial charge in [0.05, 0.1) is 18.9 Å². The Hall–Kier alpha value is -1.51. The summed E-state index contributed by atoms with van der Waals surface area (Å²) in [4.78, 5) is 14.6. The molecule has 5 atom stereocenters. The van der Waals surface area contributed by atoms with Crippen molar-refractivity contribution in [2.24, 2.45) is 11.3 Å². The molecule has 1 saturated carbocycles. The molecule has 1 aromatic rings. The molecule has 0 unspecified atom stereocenters. The van der Waals surface area contributed by atoms with E-state index in [-0.39, 0.29) is 42.5 Å². The summed E-state index contributed by atoms with van der Waals surface area (Å²) in [7, 11) is 0. The number of hydrogen-bond donors (Lipinski definition) is 3. The van der Waals surface area contributed by atoms with E-state index >= 15 is 0 Å². The minimum absolute atomic E-state index is 0.0163. The summed E-state index contributed by atoms with van der Waals surface area (Å²) in [6.45, 7) is 3.39. The van der Waals surface area contributed by atoms with Gasteiger partial charge in [-0.2, -0.15) is 0 Å². The van der Waals surface area contributed by atoms with Gasteiger partial charge in [-0.1, -0.05) is 12.1 Å². The minimum Gasteiger partial charge on any atom is -0.392 e. The summed E-state index contributed by atoms with van der Waals surface area (Å²) in [5.41, 5.74) is 0.391. The molecule has 0 radical (unpaired) electrons. The van der Waals surface area contributed by atoms with Crippen LogP contribution in [0.15, 0.2) is 6.20 Å². The number of carbonyl (C=O) groups excluding carboxylic acids is 1. The van der Waals surface area contributed by atoms with Gasteiger partial charge in [-0.05, 0) is 19.3 Å². The standard InChI is InChI=1S/C16H25N5O3/c1-16-4-11-6-20(5-10(15(16)24)2-3-13(16)17-11)14(23)8-21-7-12(9-22)18-19-21/h7,10-11,13,15,17,22,24H,2-6,8-9H2,1H3/t10-,11-,13-,15+,16-/m0/s1. The number of rotatable bonds is 3. The van der Waals surface area contributed by atoms with Crippen LogP contribution in [0.4, 0.5) is 0 Å². The Balaban J connectivity index is 1.50. The van der Waals surface area contributed by atoms with Crippen LogP contribution in [0.2, 0.25) is 0 Å². The minimum atomic E-state index is -0.364. The Morgan fingerprint density at radius 3 is 3.04 bits per heavy atom. The molecule has 3 bridgehead atoms. The van der Waals surface area contributed by atoms with Crippen LogP contribution in [0, 0.1) is 11.3 Å². The van der Waals surface area contributed by atoms with Crippen LogP contribution in [0.25, 0.3) is 0 Å². The summed E-state index contributed by atoms with van der Waals surface area (Å²) >= 11 is 0.